The van der Waals surface area contributed by atoms with Crippen LogP contribution in [0.1, 0.15) is 75.2 Å². The summed E-state index contributed by atoms with van der Waals surface area (Å²) in [6.07, 6.45) is 7.83. The number of carbonyl (C=O) groups excluding carboxylic acids is 3. The summed E-state index contributed by atoms with van der Waals surface area (Å²) in [6.45, 7) is 7.78. The Labute approximate surface area is 214 Å². The maximum absolute atomic E-state index is 13.3. The zero-order valence-electron chi connectivity index (χ0n) is 22.0. The highest BCUT2D eigenvalue weighted by Gasteiger charge is 2.51. The smallest absolute Gasteiger partial charge is 0.409 e. The molecule has 7 heteroatoms. The molecule has 1 N–H and O–H groups in total. The Morgan fingerprint density at radius 3 is 1.94 bits per heavy atom. The van der Waals surface area contributed by atoms with E-state index < -0.39 is 6.04 Å². The molecule has 1 saturated heterocycles. The Morgan fingerprint density at radius 1 is 0.917 bits per heavy atom. The van der Waals surface area contributed by atoms with Crippen molar-refractivity contribution in [1.29, 1.82) is 0 Å². The lowest BCUT2D eigenvalue weighted by Crippen LogP contribution is -2.57. The van der Waals surface area contributed by atoms with Crippen molar-refractivity contribution < 1.29 is 19.1 Å². The number of nitrogens with one attached hydrogen (secondary N) is 1. The highest BCUT2D eigenvalue weighted by atomic mass is 16.6. The molecule has 1 aromatic rings. The molecule has 3 amide bonds. The average Bonchev–Trinajstić information content (AvgIpc) is 2.86. The maximum atomic E-state index is 13.3. The molecular weight excluding hydrogens is 454 g/mol. The first kappa shape index (κ1) is 25.1. The topological polar surface area (TPSA) is 79.0 Å². The zero-order chi connectivity index (χ0) is 25.4. The lowest BCUT2D eigenvalue weighted by atomic mass is 9.48. The van der Waals surface area contributed by atoms with E-state index in [0.29, 0.717) is 43.8 Å². The zero-order valence-corrected chi connectivity index (χ0v) is 22.0. The summed E-state index contributed by atoms with van der Waals surface area (Å²) in [5.74, 6) is 2.32. The van der Waals surface area contributed by atoms with Gasteiger partial charge in [0.1, 0.15) is 6.04 Å². The molecule has 6 rings (SSSR count). The van der Waals surface area contributed by atoms with Gasteiger partial charge in [-0.25, -0.2) is 4.79 Å². The van der Waals surface area contributed by atoms with Crippen LogP contribution in [0.5, 0.6) is 0 Å². The van der Waals surface area contributed by atoms with Crippen LogP contribution >= 0.6 is 0 Å². The summed E-state index contributed by atoms with van der Waals surface area (Å²) in [6, 6.07) is 7.63. The van der Waals surface area contributed by atoms with Gasteiger partial charge in [-0.15, -0.1) is 0 Å². The van der Waals surface area contributed by atoms with E-state index in [9.17, 15) is 14.4 Å². The van der Waals surface area contributed by atoms with E-state index in [2.05, 4.69) is 17.4 Å². The lowest BCUT2D eigenvalue weighted by Gasteiger charge is -2.57. The molecule has 36 heavy (non-hydrogen) atoms. The Balaban J connectivity index is 1.21. The third-order valence-corrected chi connectivity index (χ3v) is 9.13. The first-order valence-electron chi connectivity index (χ1n) is 13.9. The van der Waals surface area contributed by atoms with Gasteiger partial charge in [0.2, 0.25) is 5.91 Å². The van der Waals surface area contributed by atoms with Crippen molar-refractivity contribution in [3.05, 3.63) is 35.4 Å². The second-order valence-corrected chi connectivity index (χ2v) is 12.0. The molecule has 1 atom stereocenters. The molecule has 1 heterocycles. The summed E-state index contributed by atoms with van der Waals surface area (Å²) in [5, 5.41) is 3.00. The first-order valence-corrected chi connectivity index (χ1v) is 13.9. The quantitative estimate of drug-likeness (QED) is 0.641. The van der Waals surface area contributed by atoms with Crippen molar-refractivity contribution in [2.75, 3.05) is 32.8 Å². The van der Waals surface area contributed by atoms with Crippen LogP contribution < -0.4 is 5.32 Å². The van der Waals surface area contributed by atoms with Crippen molar-refractivity contribution in [2.45, 2.75) is 70.8 Å². The normalized spacial score (nSPS) is 29.8. The third kappa shape index (κ3) is 4.85. The van der Waals surface area contributed by atoms with Crippen molar-refractivity contribution >= 4 is 17.9 Å². The van der Waals surface area contributed by atoms with Crippen LogP contribution in [0.25, 0.3) is 0 Å². The Hall–Kier alpha value is -2.57. The SMILES string of the molecule is CCOC(=O)N1CCN(C(=O)[C@@H](NC(=O)c2ccc(C34CC5CC(CC(C5)C3)C4)cc2)C(C)C)CC1. The van der Waals surface area contributed by atoms with Crippen molar-refractivity contribution in [3.8, 4) is 0 Å². The number of piperazine rings is 1. The van der Waals surface area contributed by atoms with E-state index in [1.807, 2.05) is 26.0 Å². The minimum Gasteiger partial charge on any atom is -0.450 e. The van der Waals surface area contributed by atoms with E-state index in [1.165, 1.54) is 44.1 Å². The minimum atomic E-state index is -0.602. The molecule has 0 spiro atoms. The Morgan fingerprint density at radius 2 is 1.44 bits per heavy atom. The number of hydrogen-bond acceptors (Lipinski definition) is 4. The van der Waals surface area contributed by atoms with Gasteiger partial charge in [0.25, 0.3) is 5.91 Å². The molecule has 7 nitrogen and oxygen atoms in total. The van der Waals surface area contributed by atoms with Gasteiger partial charge in [0.05, 0.1) is 6.61 Å². The van der Waals surface area contributed by atoms with E-state index in [0.717, 1.165) is 17.8 Å². The molecular formula is C29H41N3O4. The monoisotopic (exact) mass is 495 g/mol. The molecule has 0 aromatic heterocycles. The van der Waals surface area contributed by atoms with Crippen LogP contribution in [0.4, 0.5) is 4.79 Å². The predicted molar refractivity (Wildman–Crippen MR) is 138 cm³/mol. The van der Waals surface area contributed by atoms with Crippen LogP contribution in [-0.4, -0.2) is 66.5 Å². The fourth-order valence-corrected chi connectivity index (χ4v) is 7.70. The summed E-state index contributed by atoms with van der Waals surface area (Å²) < 4.78 is 5.07. The van der Waals surface area contributed by atoms with Gasteiger partial charge >= 0.3 is 6.09 Å². The number of nitrogens with zero attached hydrogens (tertiary/aromatic N) is 2. The fourth-order valence-electron chi connectivity index (χ4n) is 7.70. The molecule has 4 saturated carbocycles. The van der Waals surface area contributed by atoms with Gasteiger partial charge in [0, 0.05) is 31.7 Å². The molecule has 1 aromatic carbocycles. The maximum Gasteiger partial charge on any atom is 0.409 e. The summed E-state index contributed by atoms with van der Waals surface area (Å²) in [4.78, 5) is 41.8. The summed E-state index contributed by atoms with van der Waals surface area (Å²) in [7, 11) is 0. The largest absolute Gasteiger partial charge is 0.450 e. The van der Waals surface area contributed by atoms with Crippen LogP contribution in [0, 0.1) is 23.7 Å². The van der Waals surface area contributed by atoms with Gasteiger partial charge in [-0.3, -0.25) is 9.59 Å². The lowest BCUT2D eigenvalue weighted by molar-refractivity contribution is -0.135. The molecule has 4 aliphatic carbocycles. The molecule has 196 valence electrons. The van der Waals surface area contributed by atoms with Gasteiger partial charge in [0.15, 0.2) is 0 Å². The molecule has 5 aliphatic rings. The third-order valence-electron chi connectivity index (χ3n) is 9.13. The summed E-state index contributed by atoms with van der Waals surface area (Å²) >= 11 is 0. The molecule has 0 radical (unpaired) electrons. The van der Waals surface area contributed by atoms with Gasteiger partial charge < -0.3 is 19.9 Å². The molecule has 5 fully saturated rings. The second-order valence-electron chi connectivity index (χ2n) is 12.0. The predicted octanol–water partition coefficient (Wildman–Crippen LogP) is 4.21. The molecule has 4 bridgehead atoms. The second kappa shape index (κ2) is 10.1. The van der Waals surface area contributed by atoms with Gasteiger partial charge in [-0.05, 0) is 92.2 Å². The molecule has 0 unspecified atom stereocenters. The Bertz CT molecular complexity index is 945. The Kier molecular flexibility index (Phi) is 7.01. The van der Waals surface area contributed by atoms with E-state index in [-0.39, 0.29) is 23.8 Å². The average molecular weight is 496 g/mol. The van der Waals surface area contributed by atoms with E-state index >= 15 is 0 Å². The fraction of sp³-hybridized carbons (Fsp3) is 0.690. The highest BCUT2D eigenvalue weighted by Crippen LogP contribution is 2.60. The number of hydrogen-bond donors (Lipinski definition) is 1. The van der Waals surface area contributed by atoms with Crippen LogP contribution in [0.3, 0.4) is 0 Å². The standard InChI is InChI=1S/C29H41N3O4/c1-4-36-28(35)32-11-9-31(10-12-32)27(34)25(19(2)3)30-26(33)23-5-7-24(8-6-23)29-16-20-13-21(17-29)15-22(14-20)18-29/h5-8,19-22,25H,4,9-18H2,1-3H3,(H,30,33)/t20?,21?,22?,25-,29?/m0/s1. The van der Waals surface area contributed by atoms with E-state index in [4.69, 9.17) is 4.74 Å². The number of benzene rings is 1. The van der Waals surface area contributed by atoms with E-state index in [1.54, 1.807) is 16.7 Å². The van der Waals surface area contributed by atoms with Crippen molar-refractivity contribution in [3.63, 3.8) is 0 Å². The number of carbonyl (C=O) groups is 3. The van der Waals surface area contributed by atoms with Gasteiger partial charge in [-0.2, -0.15) is 0 Å². The number of amides is 3. The van der Waals surface area contributed by atoms with Crippen LogP contribution in [0.2, 0.25) is 0 Å². The van der Waals surface area contributed by atoms with Crippen LogP contribution in [0.15, 0.2) is 24.3 Å². The van der Waals surface area contributed by atoms with Crippen molar-refractivity contribution in [2.24, 2.45) is 23.7 Å². The number of rotatable bonds is 6. The minimum absolute atomic E-state index is 0.0455. The summed E-state index contributed by atoms with van der Waals surface area (Å²) in [5.41, 5.74) is 2.31. The molecule has 1 aliphatic heterocycles. The van der Waals surface area contributed by atoms with Crippen molar-refractivity contribution in [1.82, 2.24) is 15.1 Å². The first-order chi connectivity index (χ1) is 17.3. The van der Waals surface area contributed by atoms with Gasteiger partial charge in [-0.1, -0.05) is 26.0 Å². The van der Waals surface area contributed by atoms with Crippen LogP contribution in [-0.2, 0) is 14.9 Å². The number of ether oxygens (including phenoxy) is 1. The highest BCUT2D eigenvalue weighted by molar-refractivity contribution is 5.97.